The highest BCUT2D eigenvalue weighted by molar-refractivity contribution is 5.73. The van der Waals surface area contributed by atoms with E-state index in [0.717, 1.165) is 70.7 Å². The molecule has 1 aromatic rings. The largest absolute Gasteiger partial charge is 0.490 e. The Morgan fingerprint density at radius 2 is 1.87 bits per heavy atom. The van der Waals surface area contributed by atoms with Gasteiger partial charge >= 0.3 is 12.1 Å². The maximum atomic E-state index is 10.6. The first-order valence-electron chi connectivity index (χ1n) is 10.0. The summed E-state index contributed by atoms with van der Waals surface area (Å²) in [7, 11) is 0. The molecule has 0 bridgehead atoms. The maximum Gasteiger partial charge on any atom is 0.490 e. The summed E-state index contributed by atoms with van der Waals surface area (Å²) >= 11 is 0. The molecular formula is C19H27F3N4O4. The van der Waals surface area contributed by atoms with Crippen LogP contribution in [0.4, 0.5) is 19.1 Å². The van der Waals surface area contributed by atoms with Crippen molar-refractivity contribution < 1.29 is 32.5 Å². The Morgan fingerprint density at radius 3 is 2.43 bits per heavy atom. The van der Waals surface area contributed by atoms with E-state index in [9.17, 15) is 13.2 Å². The summed E-state index contributed by atoms with van der Waals surface area (Å²) in [6.45, 7) is 7.89. The molecule has 1 atom stereocenters. The fourth-order valence-electron chi connectivity index (χ4n) is 4.01. The number of hydrogen-bond acceptors (Lipinski definition) is 7. The maximum absolute atomic E-state index is 10.6. The Labute approximate surface area is 173 Å². The number of aliphatic carboxylic acids is 1. The van der Waals surface area contributed by atoms with Crippen LogP contribution >= 0.6 is 0 Å². The van der Waals surface area contributed by atoms with Crippen LogP contribution in [0.5, 0.6) is 0 Å². The van der Waals surface area contributed by atoms with Gasteiger partial charge in [-0.1, -0.05) is 0 Å². The van der Waals surface area contributed by atoms with E-state index in [2.05, 4.69) is 19.8 Å². The van der Waals surface area contributed by atoms with Crippen molar-refractivity contribution in [2.75, 3.05) is 57.4 Å². The molecular weight excluding hydrogens is 405 g/mol. The monoisotopic (exact) mass is 432 g/mol. The standard InChI is InChI=1S/C17H26N4O2.C2HF3O2/c1-5-18-16(19-6-1)21-9-11-23-17(14-21)3-7-20(8-4-17)12-15-2-10-22-13-15;3-2(4,5)1(6)7/h1,5-6,15H,2-4,7-14H2;(H,6,7). The zero-order valence-electron chi connectivity index (χ0n) is 16.7. The van der Waals surface area contributed by atoms with Gasteiger partial charge in [-0.15, -0.1) is 0 Å². The predicted molar refractivity (Wildman–Crippen MR) is 101 cm³/mol. The number of halogens is 3. The third-order valence-corrected chi connectivity index (χ3v) is 5.63. The highest BCUT2D eigenvalue weighted by Gasteiger charge is 2.41. The summed E-state index contributed by atoms with van der Waals surface area (Å²) in [4.78, 5) is 22.6. The van der Waals surface area contributed by atoms with Gasteiger partial charge in [-0.3, -0.25) is 0 Å². The first kappa shape index (κ1) is 22.7. The van der Waals surface area contributed by atoms with Crippen LogP contribution in [-0.2, 0) is 14.3 Å². The number of hydrogen-bond donors (Lipinski definition) is 1. The number of piperidine rings is 1. The highest BCUT2D eigenvalue weighted by atomic mass is 19.4. The smallest absolute Gasteiger partial charge is 0.475 e. The van der Waals surface area contributed by atoms with Gasteiger partial charge in [-0.2, -0.15) is 13.2 Å². The third-order valence-electron chi connectivity index (χ3n) is 5.63. The lowest BCUT2D eigenvalue weighted by Gasteiger charge is -2.47. The van der Waals surface area contributed by atoms with Crippen molar-refractivity contribution in [1.82, 2.24) is 14.9 Å². The molecule has 11 heteroatoms. The normalized spacial score (nSPS) is 24.4. The first-order valence-corrected chi connectivity index (χ1v) is 10.0. The van der Waals surface area contributed by atoms with Gasteiger partial charge in [-0.25, -0.2) is 14.8 Å². The summed E-state index contributed by atoms with van der Waals surface area (Å²) < 4.78 is 43.5. The Balaban J connectivity index is 0.000000318. The molecule has 30 heavy (non-hydrogen) atoms. The van der Waals surface area contributed by atoms with Crippen LogP contribution in [0.15, 0.2) is 18.5 Å². The molecule has 1 N–H and O–H groups in total. The van der Waals surface area contributed by atoms with E-state index in [4.69, 9.17) is 19.4 Å². The predicted octanol–water partition coefficient (Wildman–Crippen LogP) is 1.82. The first-order chi connectivity index (χ1) is 14.3. The summed E-state index contributed by atoms with van der Waals surface area (Å²) in [5, 5.41) is 7.12. The molecule has 4 heterocycles. The number of alkyl halides is 3. The molecule has 3 aliphatic rings. The van der Waals surface area contributed by atoms with E-state index in [1.54, 1.807) is 0 Å². The molecule has 1 unspecified atom stereocenters. The average molecular weight is 432 g/mol. The van der Waals surface area contributed by atoms with Crippen LogP contribution in [-0.4, -0.2) is 90.3 Å². The number of likely N-dealkylation sites (tertiary alicyclic amines) is 1. The van der Waals surface area contributed by atoms with Crippen LogP contribution in [0.3, 0.4) is 0 Å². The topological polar surface area (TPSA) is 88.0 Å². The van der Waals surface area contributed by atoms with Crippen LogP contribution in [0.25, 0.3) is 0 Å². The number of carboxylic acid groups (broad SMARTS) is 1. The zero-order chi connectivity index (χ0) is 21.6. The summed E-state index contributed by atoms with van der Waals surface area (Å²) in [5.41, 5.74) is -0.0138. The molecule has 8 nitrogen and oxygen atoms in total. The number of aromatic nitrogens is 2. The van der Waals surface area contributed by atoms with E-state index in [1.807, 2.05) is 18.5 Å². The van der Waals surface area contributed by atoms with Crippen molar-refractivity contribution >= 4 is 11.9 Å². The van der Waals surface area contributed by atoms with Gasteiger partial charge in [0.15, 0.2) is 0 Å². The van der Waals surface area contributed by atoms with Crippen molar-refractivity contribution in [3.63, 3.8) is 0 Å². The van der Waals surface area contributed by atoms with Gasteiger partial charge in [0.1, 0.15) is 0 Å². The van der Waals surface area contributed by atoms with E-state index >= 15 is 0 Å². The van der Waals surface area contributed by atoms with E-state index < -0.39 is 12.1 Å². The minimum atomic E-state index is -5.08. The summed E-state index contributed by atoms with van der Waals surface area (Å²) in [5.74, 6) is -1.20. The van der Waals surface area contributed by atoms with Crippen molar-refractivity contribution in [3.8, 4) is 0 Å². The van der Waals surface area contributed by atoms with Gasteiger partial charge in [0.05, 0.1) is 25.4 Å². The molecule has 0 aliphatic carbocycles. The lowest BCUT2D eigenvalue weighted by Crippen LogP contribution is -2.57. The molecule has 1 spiro atoms. The fourth-order valence-corrected chi connectivity index (χ4v) is 4.01. The van der Waals surface area contributed by atoms with Crippen LogP contribution in [0, 0.1) is 5.92 Å². The van der Waals surface area contributed by atoms with E-state index in [0.29, 0.717) is 0 Å². The molecule has 3 fully saturated rings. The van der Waals surface area contributed by atoms with Crippen LogP contribution < -0.4 is 4.90 Å². The van der Waals surface area contributed by atoms with Crippen molar-refractivity contribution in [3.05, 3.63) is 18.5 Å². The molecule has 0 aromatic carbocycles. The summed E-state index contributed by atoms with van der Waals surface area (Å²) in [6.07, 6.45) is 1.97. The van der Waals surface area contributed by atoms with Crippen LogP contribution in [0.1, 0.15) is 19.3 Å². The quantitative estimate of drug-likeness (QED) is 0.774. The Kier molecular flexibility index (Phi) is 7.48. The van der Waals surface area contributed by atoms with Gasteiger partial charge in [0.2, 0.25) is 5.95 Å². The van der Waals surface area contributed by atoms with Gasteiger partial charge in [-0.05, 0) is 31.2 Å². The molecule has 0 amide bonds. The zero-order valence-corrected chi connectivity index (χ0v) is 16.7. The van der Waals surface area contributed by atoms with E-state index in [-0.39, 0.29) is 5.60 Å². The van der Waals surface area contributed by atoms with E-state index in [1.165, 1.54) is 13.0 Å². The lowest BCUT2D eigenvalue weighted by atomic mass is 9.89. The number of nitrogens with zero attached hydrogens (tertiary/aromatic N) is 4. The molecule has 168 valence electrons. The average Bonchev–Trinajstić information content (AvgIpc) is 3.24. The van der Waals surface area contributed by atoms with Crippen molar-refractivity contribution in [1.29, 1.82) is 0 Å². The van der Waals surface area contributed by atoms with Crippen molar-refractivity contribution in [2.45, 2.75) is 31.0 Å². The Morgan fingerprint density at radius 1 is 1.20 bits per heavy atom. The second kappa shape index (κ2) is 9.88. The number of anilines is 1. The second-order valence-corrected chi connectivity index (χ2v) is 7.83. The molecule has 3 saturated heterocycles. The number of rotatable bonds is 3. The number of ether oxygens (including phenoxy) is 2. The molecule has 1 aromatic heterocycles. The minimum absolute atomic E-state index is 0.0138. The minimum Gasteiger partial charge on any atom is -0.475 e. The Bertz CT molecular complexity index is 678. The lowest BCUT2D eigenvalue weighted by molar-refractivity contribution is -0.192. The highest BCUT2D eigenvalue weighted by Crippen LogP contribution is 2.32. The van der Waals surface area contributed by atoms with Gasteiger partial charge in [0.25, 0.3) is 0 Å². The van der Waals surface area contributed by atoms with Crippen LogP contribution in [0.2, 0.25) is 0 Å². The number of morpholine rings is 1. The molecule has 3 aliphatic heterocycles. The van der Waals surface area contributed by atoms with Gasteiger partial charge in [0, 0.05) is 45.2 Å². The second-order valence-electron chi connectivity index (χ2n) is 7.83. The SMILES string of the molecule is O=C(O)C(F)(F)F.c1cnc(N2CCOC3(CCN(CC4CCOC4)CC3)C2)nc1. The van der Waals surface area contributed by atoms with Gasteiger partial charge < -0.3 is 24.4 Å². The fraction of sp³-hybridized carbons (Fsp3) is 0.737. The number of carboxylic acids is 1. The Hall–Kier alpha value is -1.98. The molecule has 0 radical (unpaired) electrons. The summed E-state index contributed by atoms with van der Waals surface area (Å²) in [6, 6.07) is 1.87. The molecule has 4 rings (SSSR count). The number of carbonyl (C=O) groups is 1. The third kappa shape index (κ3) is 6.26. The van der Waals surface area contributed by atoms with Crippen molar-refractivity contribution in [2.24, 2.45) is 5.92 Å². The molecule has 0 saturated carbocycles.